The van der Waals surface area contributed by atoms with E-state index in [9.17, 15) is 14.4 Å². The van der Waals surface area contributed by atoms with Crippen LogP contribution in [0.4, 0.5) is 10.5 Å². The van der Waals surface area contributed by atoms with Gasteiger partial charge in [-0.1, -0.05) is 6.07 Å². The first-order valence-corrected chi connectivity index (χ1v) is 6.51. The molecule has 0 fully saturated rings. The second-order valence-corrected chi connectivity index (χ2v) is 4.87. The summed E-state index contributed by atoms with van der Waals surface area (Å²) >= 11 is 0. The Bertz CT molecular complexity index is 543. The first kappa shape index (κ1) is 16.5. The van der Waals surface area contributed by atoms with Crippen molar-refractivity contribution in [2.24, 2.45) is 0 Å². The Morgan fingerprint density at radius 3 is 2.33 bits per heavy atom. The van der Waals surface area contributed by atoms with Crippen LogP contribution >= 0.6 is 0 Å². The monoisotopic (exact) mass is 293 g/mol. The Morgan fingerprint density at radius 2 is 1.76 bits per heavy atom. The molecule has 1 unspecified atom stereocenters. The number of urea groups is 1. The number of hydrogen-bond donors (Lipinski definition) is 4. The number of nitrogens with one attached hydrogen (secondary N) is 3. The Balaban J connectivity index is 2.74. The Morgan fingerprint density at radius 1 is 1.10 bits per heavy atom. The molecule has 1 aromatic rings. The van der Waals surface area contributed by atoms with Crippen molar-refractivity contribution in [2.75, 3.05) is 5.32 Å². The van der Waals surface area contributed by atoms with Gasteiger partial charge in [0.2, 0.25) is 0 Å². The van der Waals surface area contributed by atoms with Crippen molar-refractivity contribution >= 4 is 23.6 Å². The van der Waals surface area contributed by atoms with Gasteiger partial charge < -0.3 is 21.1 Å². The maximum atomic E-state index is 11.9. The molecular formula is C14H19N3O4. The minimum atomic E-state index is -1.12. The number of anilines is 1. The zero-order valence-electron chi connectivity index (χ0n) is 12.1. The SMILES string of the molecule is CC(C)NC(=O)Nc1cccc(C(=O)NC(C)C(=O)O)c1. The zero-order chi connectivity index (χ0) is 16.0. The number of carbonyl (C=O) groups is 3. The quantitative estimate of drug-likeness (QED) is 0.658. The van der Waals surface area contributed by atoms with E-state index in [2.05, 4.69) is 16.0 Å². The molecule has 7 heteroatoms. The minimum absolute atomic E-state index is 0.00658. The third kappa shape index (κ3) is 5.52. The van der Waals surface area contributed by atoms with Crippen molar-refractivity contribution in [3.8, 4) is 0 Å². The summed E-state index contributed by atoms with van der Waals surface area (Å²) in [6.45, 7) is 5.03. The average Bonchev–Trinajstić information content (AvgIpc) is 2.37. The fourth-order valence-electron chi connectivity index (χ4n) is 1.51. The van der Waals surface area contributed by atoms with E-state index in [4.69, 9.17) is 5.11 Å². The molecular weight excluding hydrogens is 274 g/mol. The second-order valence-electron chi connectivity index (χ2n) is 4.87. The van der Waals surface area contributed by atoms with Crippen LogP contribution in [0.25, 0.3) is 0 Å². The summed E-state index contributed by atoms with van der Waals surface area (Å²) in [6.07, 6.45) is 0. The van der Waals surface area contributed by atoms with Crippen molar-refractivity contribution in [1.29, 1.82) is 0 Å². The van der Waals surface area contributed by atoms with E-state index in [-0.39, 0.29) is 17.6 Å². The summed E-state index contributed by atoms with van der Waals surface area (Å²) in [5.74, 6) is -1.63. The number of hydrogen-bond acceptors (Lipinski definition) is 3. The number of rotatable bonds is 5. The summed E-state index contributed by atoms with van der Waals surface area (Å²) in [4.78, 5) is 34.1. The molecule has 0 heterocycles. The molecule has 0 aromatic heterocycles. The molecule has 7 nitrogen and oxygen atoms in total. The maximum absolute atomic E-state index is 11.9. The van der Waals surface area contributed by atoms with Crippen LogP contribution in [0.2, 0.25) is 0 Å². The van der Waals surface area contributed by atoms with Gasteiger partial charge in [-0.15, -0.1) is 0 Å². The van der Waals surface area contributed by atoms with E-state index < -0.39 is 17.9 Å². The normalized spacial score (nSPS) is 11.6. The van der Waals surface area contributed by atoms with E-state index in [1.807, 2.05) is 13.8 Å². The van der Waals surface area contributed by atoms with E-state index in [0.29, 0.717) is 5.69 Å². The maximum Gasteiger partial charge on any atom is 0.325 e. The van der Waals surface area contributed by atoms with Crippen LogP contribution in [0.5, 0.6) is 0 Å². The van der Waals surface area contributed by atoms with E-state index in [0.717, 1.165) is 0 Å². The third-order valence-electron chi connectivity index (χ3n) is 2.52. The molecule has 0 saturated heterocycles. The van der Waals surface area contributed by atoms with E-state index >= 15 is 0 Å². The lowest BCUT2D eigenvalue weighted by atomic mass is 10.1. The summed E-state index contributed by atoms with van der Waals surface area (Å²) in [5, 5.41) is 16.4. The lowest BCUT2D eigenvalue weighted by molar-refractivity contribution is -0.138. The van der Waals surface area contributed by atoms with Crippen LogP contribution in [-0.4, -0.2) is 35.1 Å². The fourth-order valence-corrected chi connectivity index (χ4v) is 1.51. The van der Waals surface area contributed by atoms with Crippen LogP contribution in [0, 0.1) is 0 Å². The highest BCUT2D eigenvalue weighted by atomic mass is 16.4. The van der Waals surface area contributed by atoms with Crippen LogP contribution in [0.1, 0.15) is 31.1 Å². The van der Waals surface area contributed by atoms with Gasteiger partial charge in [-0.3, -0.25) is 9.59 Å². The van der Waals surface area contributed by atoms with Gasteiger partial charge in [-0.25, -0.2) is 4.79 Å². The number of amides is 3. The lowest BCUT2D eigenvalue weighted by Crippen LogP contribution is -2.38. The second kappa shape index (κ2) is 7.28. The Hall–Kier alpha value is -2.57. The van der Waals surface area contributed by atoms with Gasteiger partial charge in [-0.05, 0) is 39.0 Å². The fraction of sp³-hybridized carbons (Fsp3) is 0.357. The van der Waals surface area contributed by atoms with Gasteiger partial charge >= 0.3 is 12.0 Å². The van der Waals surface area contributed by atoms with Crippen LogP contribution in [-0.2, 0) is 4.79 Å². The number of carboxylic acid groups (broad SMARTS) is 1. The molecule has 4 N–H and O–H groups in total. The van der Waals surface area contributed by atoms with Crippen molar-refractivity contribution in [2.45, 2.75) is 32.9 Å². The molecule has 0 radical (unpaired) electrons. The van der Waals surface area contributed by atoms with Gasteiger partial charge in [0.25, 0.3) is 5.91 Å². The van der Waals surface area contributed by atoms with E-state index in [1.54, 1.807) is 12.1 Å². The van der Waals surface area contributed by atoms with Crippen LogP contribution in [0.3, 0.4) is 0 Å². The molecule has 1 aromatic carbocycles. The molecule has 0 bridgehead atoms. The average molecular weight is 293 g/mol. The first-order valence-electron chi connectivity index (χ1n) is 6.51. The number of carbonyl (C=O) groups excluding carboxylic acids is 2. The Kier molecular flexibility index (Phi) is 5.71. The van der Waals surface area contributed by atoms with Crippen molar-refractivity contribution in [3.05, 3.63) is 29.8 Å². The van der Waals surface area contributed by atoms with Gasteiger partial charge in [0.15, 0.2) is 0 Å². The molecule has 0 spiro atoms. The summed E-state index contributed by atoms with van der Waals surface area (Å²) < 4.78 is 0. The van der Waals surface area contributed by atoms with Gasteiger partial charge in [-0.2, -0.15) is 0 Å². The highest BCUT2D eigenvalue weighted by Crippen LogP contribution is 2.11. The minimum Gasteiger partial charge on any atom is -0.480 e. The first-order chi connectivity index (χ1) is 9.79. The molecule has 114 valence electrons. The molecule has 0 aliphatic carbocycles. The molecule has 21 heavy (non-hydrogen) atoms. The highest BCUT2D eigenvalue weighted by Gasteiger charge is 2.15. The largest absolute Gasteiger partial charge is 0.480 e. The van der Waals surface area contributed by atoms with Gasteiger partial charge in [0.05, 0.1) is 0 Å². The van der Waals surface area contributed by atoms with Crippen molar-refractivity contribution in [1.82, 2.24) is 10.6 Å². The number of benzene rings is 1. The van der Waals surface area contributed by atoms with Crippen molar-refractivity contribution < 1.29 is 19.5 Å². The predicted molar refractivity (Wildman–Crippen MR) is 78.3 cm³/mol. The number of aliphatic carboxylic acids is 1. The van der Waals surface area contributed by atoms with Crippen LogP contribution in [0.15, 0.2) is 24.3 Å². The molecule has 0 aliphatic rings. The van der Waals surface area contributed by atoms with Gasteiger partial charge in [0, 0.05) is 17.3 Å². The molecule has 1 rings (SSSR count). The smallest absolute Gasteiger partial charge is 0.325 e. The topological polar surface area (TPSA) is 108 Å². The molecule has 0 saturated carbocycles. The molecule has 0 aliphatic heterocycles. The lowest BCUT2D eigenvalue weighted by Gasteiger charge is -2.12. The summed E-state index contributed by atoms with van der Waals surface area (Å²) in [7, 11) is 0. The number of carboxylic acids is 1. The molecule has 3 amide bonds. The van der Waals surface area contributed by atoms with Crippen molar-refractivity contribution in [3.63, 3.8) is 0 Å². The highest BCUT2D eigenvalue weighted by molar-refractivity contribution is 5.98. The third-order valence-corrected chi connectivity index (χ3v) is 2.52. The zero-order valence-corrected chi connectivity index (χ0v) is 12.1. The Labute approximate surface area is 122 Å². The summed E-state index contributed by atoms with van der Waals surface area (Å²) in [6, 6.07) is 4.88. The van der Waals surface area contributed by atoms with Gasteiger partial charge in [0.1, 0.15) is 6.04 Å². The van der Waals surface area contributed by atoms with Crippen LogP contribution < -0.4 is 16.0 Å². The predicted octanol–water partition coefficient (Wildman–Crippen LogP) is 1.42. The molecule has 1 atom stereocenters. The van der Waals surface area contributed by atoms with E-state index in [1.165, 1.54) is 19.1 Å². The standard InChI is InChI=1S/C14H19N3O4/c1-8(2)15-14(21)17-11-6-4-5-10(7-11)12(18)16-9(3)13(19)20/h4-9H,1-3H3,(H,16,18)(H,19,20)(H2,15,17,21). The summed E-state index contributed by atoms with van der Waals surface area (Å²) in [5.41, 5.74) is 0.717.